The van der Waals surface area contributed by atoms with Gasteiger partial charge in [0.05, 0.1) is 12.2 Å². The SMILES string of the molecule is C[C@@H]1CN(C(=O)COc2ccc3ccccc3c2-c2ccc(O)cc2)C[C@H](C)O1. The Balaban J connectivity index is 1.62. The first kappa shape index (κ1) is 19.3. The molecule has 2 atom stereocenters. The third-order valence-corrected chi connectivity index (χ3v) is 5.17. The van der Waals surface area contributed by atoms with Gasteiger partial charge in [-0.3, -0.25) is 4.79 Å². The van der Waals surface area contributed by atoms with E-state index in [1.807, 2.05) is 62.4 Å². The summed E-state index contributed by atoms with van der Waals surface area (Å²) in [5, 5.41) is 11.8. The van der Waals surface area contributed by atoms with Gasteiger partial charge in [0.1, 0.15) is 11.5 Å². The molecule has 3 aromatic carbocycles. The number of amides is 1. The molecule has 0 saturated carbocycles. The van der Waals surface area contributed by atoms with Gasteiger partial charge in [0, 0.05) is 18.7 Å². The van der Waals surface area contributed by atoms with Crippen LogP contribution in [-0.4, -0.2) is 47.8 Å². The van der Waals surface area contributed by atoms with E-state index in [4.69, 9.17) is 9.47 Å². The minimum absolute atomic E-state index is 0.0240. The number of phenols is 1. The molecule has 150 valence electrons. The lowest BCUT2D eigenvalue weighted by Crippen LogP contribution is -2.49. The fourth-order valence-corrected chi connectivity index (χ4v) is 3.91. The van der Waals surface area contributed by atoms with Crippen LogP contribution in [0, 0.1) is 0 Å². The number of nitrogens with zero attached hydrogens (tertiary/aromatic N) is 1. The molecule has 0 aliphatic carbocycles. The van der Waals surface area contributed by atoms with E-state index in [1.165, 1.54) is 0 Å². The van der Waals surface area contributed by atoms with Gasteiger partial charge in [-0.15, -0.1) is 0 Å². The Morgan fingerprint density at radius 2 is 1.72 bits per heavy atom. The lowest BCUT2D eigenvalue weighted by atomic mass is 9.97. The number of phenolic OH excluding ortho intramolecular Hbond substituents is 1. The molecule has 5 heteroatoms. The molecule has 1 fully saturated rings. The Kier molecular flexibility index (Phi) is 5.41. The van der Waals surface area contributed by atoms with Crippen molar-refractivity contribution in [3.8, 4) is 22.6 Å². The van der Waals surface area contributed by atoms with E-state index in [-0.39, 0.29) is 30.5 Å². The highest BCUT2D eigenvalue weighted by Crippen LogP contribution is 2.37. The summed E-state index contributed by atoms with van der Waals surface area (Å²) in [6, 6.07) is 19.0. The molecule has 1 N–H and O–H groups in total. The molecule has 29 heavy (non-hydrogen) atoms. The molecule has 1 aliphatic rings. The Hall–Kier alpha value is -3.05. The van der Waals surface area contributed by atoms with E-state index in [9.17, 15) is 9.90 Å². The smallest absolute Gasteiger partial charge is 0.260 e. The van der Waals surface area contributed by atoms with Crippen LogP contribution < -0.4 is 4.74 Å². The van der Waals surface area contributed by atoms with Crippen molar-refractivity contribution in [3.05, 3.63) is 60.7 Å². The minimum Gasteiger partial charge on any atom is -0.508 e. The highest BCUT2D eigenvalue weighted by atomic mass is 16.5. The summed E-state index contributed by atoms with van der Waals surface area (Å²) in [7, 11) is 0. The fourth-order valence-electron chi connectivity index (χ4n) is 3.91. The summed E-state index contributed by atoms with van der Waals surface area (Å²) in [6.45, 7) is 5.08. The topological polar surface area (TPSA) is 59.0 Å². The van der Waals surface area contributed by atoms with Crippen LogP contribution in [-0.2, 0) is 9.53 Å². The molecule has 0 bridgehead atoms. The number of morpholine rings is 1. The summed E-state index contributed by atoms with van der Waals surface area (Å²) in [5.74, 6) is 0.816. The van der Waals surface area contributed by atoms with Crippen LogP contribution in [0.25, 0.3) is 21.9 Å². The third kappa shape index (κ3) is 4.20. The van der Waals surface area contributed by atoms with Crippen LogP contribution in [0.15, 0.2) is 60.7 Å². The number of aromatic hydroxyl groups is 1. The number of ether oxygens (including phenoxy) is 2. The van der Waals surface area contributed by atoms with Crippen molar-refractivity contribution in [1.82, 2.24) is 4.90 Å². The molecule has 4 rings (SSSR count). The van der Waals surface area contributed by atoms with Crippen molar-refractivity contribution in [1.29, 1.82) is 0 Å². The predicted molar refractivity (Wildman–Crippen MR) is 113 cm³/mol. The zero-order valence-electron chi connectivity index (χ0n) is 16.7. The monoisotopic (exact) mass is 391 g/mol. The summed E-state index contributed by atoms with van der Waals surface area (Å²) >= 11 is 0. The van der Waals surface area contributed by atoms with E-state index in [1.54, 1.807) is 17.0 Å². The van der Waals surface area contributed by atoms with Crippen molar-refractivity contribution in [2.24, 2.45) is 0 Å². The summed E-state index contributed by atoms with van der Waals surface area (Å²) in [6.07, 6.45) is 0.0480. The first-order chi connectivity index (χ1) is 14.0. The van der Waals surface area contributed by atoms with Gasteiger partial charge >= 0.3 is 0 Å². The van der Waals surface area contributed by atoms with Crippen LogP contribution in [0.3, 0.4) is 0 Å². The summed E-state index contributed by atoms with van der Waals surface area (Å²) in [5.41, 5.74) is 1.84. The van der Waals surface area contributed by atoms with Crippen LogP contribution >= 0.6 is 0 Å². The van der Waals surface area contributed by atoms with Gasteiger partial charge in [0.25, 0.3) is 5.91 Å². The number of hydrogen-bond donors (Lipinski definition) is 1. The highest BCUT2D eigenvalue weighted by Gasteiger charge is 2.26. The number of benzene rings is 3. The van der Waals surface area contributed by atoms with Crippen LogP contribution in [0.5, 0.6) is 11.5 Å². The van der Waals surface area contributed by atoms with Crippen molar-refractivity contribution in [2.45, 2.75) is 26.1 Å². The zero-order valence-corrected chi connectivity index (χ0v) is 16.7. The molecule has 1 aliphatic heterocycles. The van der Waals surface area contributed by atoms with E-state index < -0.39 is 0 Å². The second-order valence-corrected chi connectivity index (χ2v) is 7.55. The Labute approximate surface area is 170 Å². The molecular weight excluding hydrogens is 366 g/mol. The van der Waals surface area contributed by atoms with Crippen LogP contribution in [0.4, 0.5) is 0 Å². The fraction of sp³-hybridized carbons (Fsp3) is 0.292. The van der Waals surface area contributed by atoms with Gasteiger partial charge < -0.3 is 19.5 Å². The normalized spacial score (nSPS) is 19.3. The molecule has 5 nitrogen and oxygen atoms in total. The maximum Gasteiger partial charge on any atom is 0.260 e. The molecule has 1 amide bonds. The highest BCUT2D eigenvalue weighted by molar-refractivity contribution is 6.00. The number of carbonyl (C=O) groups excluding carboxylic acids is 1. The van der Waals surface area contributed by atoms with Gasteiger partial charge in [-0.25, -0.2) is 0 Å². The lowest BCUT2D eigenvalue weighted by Gasteiger charge is -2.35. The quantitative estimate of drug-likeness (QED) is 0.723. The number of hydrogen-bond acceptors (Lipinski definition) is 4. The minimum atomic E-state index is -0.0446. The molecule has 0 unspecified atom stereocenters. The predicted octanol–water partition coefficient (Wildman–Crippen LogP) is 4.23. The zero-order chi connectivity index (χ0) is 20.4. The average Bonchev–Trinajstić information content (AvgIpc) is 2.71. The van der Waals surface area contributed by atoms with E-state index >= 15 is 0 Å². The van der Waals surface area contributed by atoms with Gasteiger partial charge in [0.15, 0.2) is 6.61 Å². The average molecular weight is 391 g/mol. The number of carbonyl (C=O) groups is 1. The summed E-state index contributed by atoms with van der Waals surface area (Å²) in [4.78, 5) is 14.5. The Morgan fingerprint density at radius 3 is 2.45 bits per heavy atom. The van der Waals surface area contributed by atoms with Crippen LogP contribution in [0.1, 0.15) is 13.8 Å². The first-order valence-corrected chi connectivity index (χ1v) is 9.88. The molecular formula is C24H25NO4. The molecule has 0 spiro atoms. The molecule has 3 aromatic rings. The molecule has 1 saturated heterocycles. The van der Waals surface area contributed by atoms with Gasteiger partial charge in [-0.1, -0.05) is 42.5 Å². The maximum absolute atomic E-state index is 12.7. The van der Waals surface area contributed by atoms with E-state index in [0.29, 0.717) is 18.8 Å². The van der Waals surface area contributed by atoms with Gasteiger partial charge in [0.2, 0.25) is 0 Å². The Bertz CT molecular complexity index is 1010. The lowest BCUT2D eigenvalue weighted by molar-refractivity contribution is -0.145. The van der Waals surface area contributed by atoms with Crippen molar-refractivity contribution < 1.29 is 19.4 Å². The molecule has 1 heterocycles. The Morgan fingerprint density at radius 1 is 1.03 bits per heavy atom. The standard InChI is InChI=1S/C24H25NO4/c1-16-13-25(14-17(2)29-16)23(27)15-28-22-12-9-18-5-3-4-6-21(18)24(22)19-7-10-20(26)11-8-19/h3-12,16-17,26H,13-15H2,1-2H3/t16-,17+. The van der Waals surface area contributed by atoms with Crippen molar-refractivity contribution in [2.75, 3.05) is 19.7 Å². The largest absolute Gasteiger partial charge is 0.508 e. The maximum atomic E-state index is 12.7. The van der Waals surface area contributed by atoms with E-state index in [0.717, 1.165) is 21.9 Å². The third-order valence-electron chi connectivity index (χ3n) is 5.17. The van der Waals surface area contributed by atoms with Crippen molar-refractivity contribution in [3.63, 3.8) is 0 Å². The molecule has 0 radical (unpaired) electrons. The van der Waals surface area contributed by atoms with Crippen molar-refractivity contribution >= 4 is 16.7 Å². The summed E-state index contributed by atoms with van der Waals surface area (Å²) < 4.78 is 11.7. The van der Waals surface area contributed by atoms with E-state index in [2.05, 4.69) is 0 Å². The first-order valence-electron chi connectivity index (χ1n) is 9.88. The number of rotatable bonds is 4. The molecule has 0 aromatic heterocycles. The van der Waals surface area contributed by atoms with Crippen LogP contribution in [0.2, 0.25) is 0 Å². The second-order valence-electron chi connectivity index (χ2n) is 7.55. The van der Waals surface area contributed by atoms with Gasteiger partial charge in [-0.2, -0.15) is 0 Å². The van der Waals surface area contributed by atoms with Gasteiger partial charge in [-0.05, 0) is 48.4 Å². The second kappa shape index (κ2) is 8.13. The number of fused-ring (bicyclic) bond motifs is 1.